The van der Waals surface area contributed by atoms with Gasteiger partial charge in [0.1, 0.15) is 11.3 Å². The van der Waals surface area contributed by atoms with Gasteiger partial charge in [0, 0.05) is 41.6 Å². The summed E-state index contributed by atoms with van der Waals surface area (Å²) < 4.78 is 0.607. The molecule has 10 nitrogen and oxygen atoms in total. The molecule has 13 heteroatoms. The fourth-order valence-corrected chi connectivity index (χ4v) is 5.38. The molecule has 0 unspecified atom stereocenters. The van der Waals surface area contributed by atoms with Crippen LogP contribution in [0.5, 0.6) is 5.75 Å². The molecule has 39 heavy (non-hydrogen) atoms. The second-order valence-electron chi connectivity index (χ2n) is 8.18. The number of aliphatic hydroxyl groups is 1. The Morgan fingerprint density at radius 2 is 1.74 bits per heavy atom. The summed E-state index contributed by atoms with van der Waals surface area (Å²) in [6, 6.07) is 11.1. The lowest BCUT2D eigenvalue weighted by molar-refractivity contribution is -0.134. The number of carbonyl (C=O) groups is 2. The second kappa shape index (κ2) is 17.7. The molecule has 0 aliphatic carbocycles. The van der Waals surface area contributed by atoms with Crippen molar-refractivity contribution in [2.24, 2.45) is 0 Å². The number of carboxylic acids is 2. The number of phenols is 1. The lowest BCUT2D eigenvalue weighted by Gasteiger charge is -2.13. The zero-order valence-electron chi connectivity index (χ0n) is 21.1. The highest BCUT2D eigenvalue weighted by molar-refractivity contribution is 7.99. The summed E-state index contributed by atoms with van der Waals surface area (Å²) in [7, 11) is 0. The van der Waals surface area contributed by atoms with Crippen molar-refractivity contribution in [3.05, 3.63) is 74.4 Å². The molecule has 0 fully saturated rings. The SMILES string of the molecule is O=C(O)/C=C\C(=O)O.O=c1[nH]c2c(O)ccc([C@@H](O)CNCCSCCCNCCc3ccccc3Cl)c2s1. The number of fused-ring (bicyclic) bond motifs is 1. The molecule has 0 saturated heterocycles. The van der Waals surface area contributed by atoms with E-state index in [1.54, 1.807) is 6.07 Å². The highest BCUT2D eigenvalue weighted by atomic mass is 35.5. The van der Waals surface area contributed by atoms with E-state index in [0.717, 1.165) is 60.3 Å². The van der Waals surface area contributed by atoms with Crippen LogP contribution in [0.2, 0.25) is 5.02 Å². The number of nitrogens with one attached hydrogen (secondary N) is 3. The molecule has 212 valence electrons. The number of benzene rings is 2. The molecular formula is C26H32ClN3O7S2. The van der Waals surface area contributed by atoms with E-state index in [4.69, 9.17) is 21.8 Å². The number of phenolic OH excluding ortho intramolecular Hbond substituents is 1. The zero-order chi connectivity index (χ0) is 28.6. The molecule has 0 amide bonds. The Kier molecular flexibility index (Phi) is 14.6. The van der Waals surface area contributed by atoms with Crippen LogP contribution >= 0.6 is 34.7 Å². The van der Waals surface area contributed by atoms with E-state index in [0.29, 0.717) is 34.5 Å². The topological polar surface area (TPSA) is 172 Å². The maximum Gasteiger partial charge on any atom is 0.328 e. The minimum atomic E-state index is -1.26. The van der Waals surface area contributed by atoms with Gasteiger partial charge in [-0.05, 0) is 49.4 Å². The van der Waals surface area contributed by atoms with E-state index in [2.05, 4.69) is 21.7 Å². The molecule has 1 heterocycles. The first-order valence-corrected chi connectivity index (χ1v) is 14.4. The van der Waals surface area contributed by atoms with Crippen LogP contribution in [-0.4, -0.2) is 75.0 Å². The molecule has 0 aliphatic rings. The maximum atomic E-state index is 11.6. The quantitative estimate of drug-likeness (QED) is 0.102. The number of carboxylic acid groups (broad SMARTS) is 2. The van der Waals surface area contributed by atoms with Gasteiger partial charge in [-0.3, -0.25) is 4.79 Å². The number of hydrogen-bond donors (Lipinski definition) is 7. The van der Waals surface area contributed by atoms with Crippen LogP contribution in [0.4, 0.5) is 0 Å². The van der Waals surface area contributed by atoms with Gasteiger partial charge in [-0.2, -0.15) is 11.8 Å². The van der Waals surface area contributed by atoms with Crippen molar-refractivity contribution in [2.75, 3.05) is 37.7 Å². The van der Waals surface area contributed by atoms with Crippen molar-refractivity contribution >= 4 is 56.9 Å². The van der Waals surface area contributed by atoms with Crippen molar-refractivity contribution < 1.29 is 30.0 Å². The van der Waals surface area contributed by atoms with Crippen LogP contribution in [0.3, 0.4) is 0 Å². The Bertz CT molecular complexity index is 1280. The van der Waals surface area contributed by atoms with Crippen molar-refractivity contribution in [2.45, 2.75) is 18.9 Å². The zero-order valence-corrected chi connectivity index (χ0v) is 23.4. The van der Waals surface area contributed by atoms with E-state index in [1.807, 2.05) is 30.0 Å². The Hall–Kier alpha value is -2.87. The third-order valence-electron chi connectivity index (χ3n) is 5.25. The van der Waals surface area contributed by atoms with Crippen LogP contribution in [-0.2, 0) is 16.0 Å². The summed E-state index contributed by atoms with van der Waals surface area (Å²) in [5, 5.41) is 43.5. The molecule has 3 rings (SSSR count). The number of aromatic nitrogens is 1. The monoisotopic (exact) mass is 597 g/mol. The average molecular weight is 598 g/mol. The van der Waals surface area contributed by atoms with Crippen LogP contribution in [0, 0.1) is 0 Å². The molecule has 1 aromatic heterocycles. The Balaban J connectivity index is 0.000000580. The first-order valence-electron chi connectivity index (χ1n) is 12.1. The van der Waals surface area contributed by atoms with Gasteiger partial charge in [0.25, 0.3) is 0 Å². The van der Waals surface area contributed by atoms with Crippen LogP contribution in [0.15, 0.2) is 53.3 Å². The van der Waals surface area contributed by atoms with E-state index >= 15 is 0 Å². The van der Waals surface area contributed by atoms with Gasteiger partial charge in [-0.25, -0.2) is 9.59 Å². The summed E-state index contributed by atoms with van der Waals surface area (Å²) in [6.45, 7) is 3.11. The Labute approximate surface area is 238 Å². The summed E-state index contributed by atoms with van der Waals surface area (Å²) in [4.78, 5) is 33.1. The van der Waals surface area contributed by atoms with Crippen LogP contribution in [0.25, 0.3) is 10.2 Å². The molecule has 0 saturated carbocycles. The average Bonchev–Trinajstić information content (AvgIpc) is 3.29. The largest absolute Gasteiger partial charge is 0.506 e. The minimum absolute atomic E-state index is 0.0204. The van der Waals surface area contributed by atoms with Gasteiger partial charge in [0.2, 0.25) is 0 Å². The van der Waals surface area contributed by atoms with Gasteiger partial charge < -0.3 is 36.0 Å². The fraction of sp³-hybridized carbons (Fsp3) is 0.346. The number of aliphatic carboxylic acids is 2. The lowest BCUT2D eigenvalue weighted by Crippen LogP contribution is -2.24. The highest BCUT2D eigenvalue weighted by Crippen LogP contribution is 2.31. The van der Waals surface area contributed by atoms with Crippen LogP contribution < -0.4 is 15.5 Å². The number of H-pyrrole nitrogens is 1. The van der Waals surface area contributed by atoms with Gasteiger partial charge >= 0.3 is 16.8 Å². The van der Waals surface area contributed by atoms with Gasteiger partial charge in [0.15, 0.2) is 0 Å². The predicted molar refractivity (Wildman–Crippen MR) is 156 cm³/mol. The third kappa shape index (κ3) is 12.2. The van der Waals surface area contributed by atoms with E-state index < -0.39 is 18.0 Å². The Morgan fingerprint density at radius 1 is 1.03 bits per heavy atom. The summed E-state index contributed by atoms with van der Waals surface area (Å²) in [5.41, 5.74) is 2.22. The van der Waals surface area contributed by atoms with Crippen molar-refractivity contribution in [1.29, 1.82) is 0 Å². The normalized spacial score (nSPS) is 11.8. The molecule has 2 aromatic carbocycles. The number of aliphatic hydroxyl groups excluding tert-OH is 1. The van der Waals surface area contributed by atoms with E-state index in [9.17, 15) is 24.6 Å². The van der Waals surface area contributed by atoms with Crippen molar-refractivity contribution in [3.63, 3.8) is 0 Å². The Morgan fingerprint density at radius 3 is 2.44 bits per heavy atom. The number of halogens is 1. The molecule has 0 spiro atoms. The standard InChI is InChI=1S/C22H28ClN3O3S2.C4H4O4/c23-17-5-2-1-4-15(17)8-10-24-9-3-12-30-13-11-25-14-19(28)16-6-7-18(27)20-21(16)31-22(29)26-20;5-3(6)1-2-4(7)8/h1-2,4-7,19,24-25,27-28H,3,8-14H2,(H,26,29);1-2H,(H,5,6)(H,7,8)/b;2-1-/t19-;/m0./s1. The molecule has 0 bridgehead atoms. The highest BCUT2D eigenvalue weighted by Gasteiger charge is 2.15. The number of hydrogen-bond acceptors (Lipinski definition) is 9. The molecule has 3 aromatic rings. The summed E-state index contributed by atoms with van der Waals surface area (Å²) in [6.07, 6.45) is 2.42. The van der Waals surface area contributed by atoms with E-state index in [1.165, 1.54) is 11.6 Å². The first kappa shape index (κ1) is 32.3. The lowest BCUT2D eigenvalue weighted by atomic mass is 10.1. The predicted octanol–water partition coefficient (Wildman–Crippen LogP) is 3.24. The summed E-state index contributed by atoms with van der Waals surface area (Å²) >= 11 is 9.04. The molecule has 7 N–H and O–H groups in total. The smallest absolute Gasteiger partial charge is 0.328 e. The number of aromatic hydroxyl groups is 1. The van der Waals surface area contributed by atoms with Gasteiger partial charge in [-0.15, -0.1) is 0 Å². The van der Waals surface area contributed by atoms with Gasteiger partial charge in [-0.1, -0.05) is 47.2 Å². The van der Waals surface area contributed by atoms with E-state index in [-0.39, 0.29) is 10.6 Å². The fourth-order valence-electron chi connectivity index (χ4n) is 3.39. The maximum absolute atomic E-state index is 11.6. The van der Waals surface area contributed by atoms with Gasteiger partial charge in [0.05, 0.1) is 10.8 Å². The first-order chi connectivity index (χ1) is 18.7. The second-order valence-corrected chi connectivity index (χ2v) is 10.8. The third-order valence-corrected chi connectivity index (χ3v) is 7.62. The molecule has 0 aliphatic heterocycles. The molecule has 0 radical (unpaired) electrons. The number of thiazole rings is 1. The minimum Gasteiger partial charge on any atom is -0.506 e. The summed E-state index contributed by atoms with van der Waals surface area (Å²) in [5.74, 6) is -0.444. The van der Waals surface area contributed by atoms with Crippen molar-refractivity contribution in [3.8, 4) is 5.75 Å². The van der Waals surface area contributed by atoms with Crippen LogP contribution in [0.1, 0.15) is 23.7 Å². The number of rotatable bonds is 15. The number of aromatic amines is 1. The molecular weight excluding hydrogens is 566 g/mol. The molecule has 1 atom stereocenters. The van der Waals surface area contributed by atoms with Crippen molar-refractivity contribution in [1.82, 2.24) is 15.6 Å². The number of thioether (sulfide) groups is 1.